The van der Waals surface area contributed by atoms with E-state index in [4.69, 9.17) is 5.73 Å². The van der Waals surface area contributed by atoms with Crippen molar-refractivity contribution >= 4 is 16.0 Å². The highest BCUT2D eigenvalue weighted by Crippen LogP contribution is 2.05. The number of benzene rings is 1. The Hall–Kier alpha value is -1.44. The highest BCUT2D eigenvalue weighted by atomic mass is 32.2. The summed E-state index contributed by atoms with van der Waals surface area (Å²) in [5.74, 6) is -0.813. The number of nitrogens with one attached hydrogen (secondary N) is 1. The van der Waals surface area contributed by atoms with Crippen LogP contribution in [0.5, 0.6) is 0 Å². The van der Waals surface area contributed by atoms with E-state index < -0.39 is 16.0 Å². The average Bonchev–Trinajstić information content (AvgIpc) is 2.44. The third-order valence-electron chi connectivity index (χ3n) is 2.75. The fourth-order valence-electron chi connectivity index (χ4n) is 1.58. The van der Waals surface area contributed by atoms with Crippen LogP contribution in [0.25, 0.3) is 0 Å². The van der Waals surface area contributed by atoms with Crippen LogP contribution in [0, 0.1) is 0 Å². The zero-order chi connectivity index (χ0) is 15.0. The molecule has 0 heterocycles. The van der Waals surface area contributed by atoms with E-state index in [1.807, 2.05) is 24.3 Å². The topological polar surface area (TPSA) is 98.5 Å². The van der Waals surface area contributed by atoms with Gasteiger partial charge in [0.05, 0.1) is 19.3 Å². The number of rotatable bonds is 8. The van der Waals surface area contributed by atoms with Crippen LogP contribution in [0.3, 0.4) is 0 Å². The molecule has 3 N–H and O–H groups in total. The van der Waals surface area contributed by atoms with Gasteiger partial charge in [0.2, 0.25) is 10.0 Å². The maximum absolute atomic E-state index is 11.7. The van der Waals surface area contributed by atoms with Crippen molar-refractivity contribution in [1.82, 2.24) is 4.72 Å². The van der Waals surface area contributed by atoms with Gasteiger partial charge in [0.25, 0.3) is 0 Å². The number of methoxy groups -OCH3 is 1. The first-order valence-electron chi connectivity index (χ1n) is 6.29. The second kappa shape index (κ2) is 7.98. The van der Waals surface area contributed by atoms with E-state index in [-0.39, 0.29) is 18.7 Å². The van der Waals surface area contributed by atoms with Gasteiger partial charge in [-0.3, -0.25) is 4.79 Å². The lowest BCUT2D eigenvalue weighted by atomic mass is 10.1. The molecule has 0 bridgehead atoms. The molecule has 0 aliphatic rings. The molecule has 6 nitrogen and oxygen atoms in total. The van der Waals surface area contributed by atoms with Gasteiger partial charge in [0.15, 0.2) is 0 Å². The molecular weight excluding hydrogens is 280 g/mol. The molecule has 0 aliphatic heterocycles. The van der Waals surface area contributed by atoms with Crippen molar-refractivity contribution in [3.8, 4) is 0 Å². The molecule has 1 rings (SSSR count). The van der Waals surface area contributed by atoms with Crippen molar-refractivity contribution in [2.24, 2.45) is 5.73 Å². The number of carbonyl (C=O) groups excluding carboxylic acids is 1. The SMILES string of the molecule is COC(=O)CCS(=O)(=O)NCc1ccc(CCN)cc1. The summed E-state index contributed by atoms with van der Waals surface area (Å²) in [6.45, 7) is 0.784. The van der Waals surface area contributed by atoms with Gasteiger partial charge in [-0.1, -0.05) is 24.3 Å². The Bertz CT molecular complexity index is 526. The Labute approximate surface area is 119 Å². The van der Waals surface area contributed by atoms with Crippen LogP contribution in [-0.4, -0.2) is 33.8 Å². The zero-order valence-electron chi connectivity index (χ0n) is 11.5. The third kappa shape index (κ3) is 6.14. The standard InChI is InChI=1S/C13H20N2O4S/c1-19-13(16)7-9-20(17,18)15-10-12-4-2-11(3-5-12)6-8-14/h2-5,15H,6-10,14H2,1H3. The highest BCUT2D eigenvalue weighted by molar-refractivity contribution is 7.89. The Kier molecular flexibility index (Phi) is 6.63. The van der Waals surface area contributed by atoms with Crippen LogP contribution in [0.2, 0.25) is 0 Å². The molecule has 0 amide bonds. The molecule has 1 aromatic rings. The van der Waals surface area contributed by atoms with Crippen LogP contribution in [0.1, 0.15) is 17.5 Å². The number of ether oxygens (including phenoxy) is 1. The summed E-state index contributed by atoms with van der Waals surface area (Å²) in [5.41, 5.74) is 7.42. The molecule has 0 saturated carbocycles. The second-order valence-electron chi connectivity index (χ2n) is 4.32. The van der Waals surface area contributed by atoms with E-state index in [0.717, 1.165) is 17.5 Å². The summed E-state index contributed by atoms with van der Waals surface area (Å²) in [6.07, 6.45) is 0.645. The van der Waals surface area contributed by atoms with Crippen LogP contribution < -0.4 is 10.5 Å². The molecule has 112 valence electrons. The molecular formula is C13H20N2O4S. The smallest absolute Gasteiger partial charge is 0.306 e. The number of carbonyl (C=O) groups is 1. The van der Waals surface area contributed by atoms with Crippen LogP contribution >= 0.6 is 0 Å². The number of nitrogens with two attached hydrogens (primary N) is 1. The highest BCUT2D eigenvalue weighted by Gasteiger charge is 2.13. The van der Waals surface area contributed by atoms with Crippen molar-refractivity contribution in [2.45, 2.75) is 19.4 Å². The van der Waals surface area contributed by atoms with Gasteiger partial charge in [-0.15, -0.1) is 0 Å². The minimum atomic E-state index is -3.48. The van der Waals surface area contributed by atoms with Gasteiger partial charge in [-0.25, -0.2) is 13.1 Å². The van der Waals surface area contributed by atoms with Gasteiger partial charge >= 0.3 is 5.97 Å². The molecule has 7 heteroatoms. The van der Waals surface area contributed by atoms with Crippen molar-refractivity contribution < 1.29 is 17.9 Å². The third-order valence-corrected chi connectivity index (χ3v) is 4.08. The summed E-state index contributed by atoms with van der Waals surface area (Å²) in [7, 11) is -2.25. The van der Waals surface area contributed by atoms with E-state index in [1.165, 1.54) is 7.11 Å². The van der Waals surface area contributed by atoms with Gasteiger partial charge in [-0.2, -0.15) is 0 Å². The first-order chi connectivity index (χ1) is 9.46. The van der Waals surface area contributed by atoms with Crippen LogP contribution in [0.15, 0.2) is 24.3 Å². The number of sulfonamides is 1. The summed E-state index contributed by atoms with van der Waals surface area (Å²) >= 11 is 0. The van der Waals surface area contributed by atoms with E-state index in [1.54, 1.807) is 0 Å². The molecule has 0 atom stereocenters. The quantitative estimate of drug-likeness (QED) is 0.667. The molecule has 0 fully saturated rings. The number of hydrogen-bond donors (Lipinski definition) is 2. The van der Waals surface area contributed by atoms with E-state index in [0.29, 0.717) is 6.54 Å². The Morgan fingerprint density at radius 2 is 1.85 bits per heavy atom. The molecule has 1 aromatic carbocycles. The molecule has 0 unspecified atom stereocenters. The first kappa shape index (κ1) is 16.6. The largest absolute Gasteiger partial charge is 0.469 e. The van der Waals surface area contributed by atoms with Crippen molar-refractivity contribution in [2.75, 3.05) is 19.4 Å². The van der Waals surface area contributed by atoms with Crippen molar-refractivity contribution in [1.29, 1.82) is 0 Å². The minimum Gasteiger partial charge on any atom is -0.469 e. The van der Waals surface area contributed by atoms with E-state index in [2.05, 4.69) is 9.46 Å². The minimum absolute atomic E-state index is 0.152. The molecule has 0 aromatic heterocycles. The fraction of sp³-hybridized carbons (Fsp3) is 0.462. The Balaban J connectivity index is 2.47. The molecule has 0 spiro atoms. The average molecular weight is 300 g/mol. The monoisotopic (exact) mass is 300 g/mol. The Morgan fingerprint density at radius 3 is 2.40 bits per heavy atom. The predicted molar refractivity (Wildman–Crippen MR) is 76.5 cm³/mol. The Morgan fingerprint density at radius 1 is 1.25 bits per heavy atom. The number of esters is 1. The lowest BCUT2D eigenvalue weighted by Gasteiger charge is -2.07. The maximum atomic E-state index is 11.7. The molecule has 20 heavy (non-hydrogen) atoms. The van der Waals surface area contributed by atoms with Gasteiger partial charge < -0.3 is 10.5 Å². The van der Waals surface area contributed by atoms with Crippen LogP contribution in [-0.2, 0) is 32.5 Å². The van der Waals surface area contributed by atoms with Crippen LogP contribution in [0.4, 0.5) is 0 Å². The van der Waals surface area contributed by atoms with Gasteiger partial charge in [0, 0.05) is 6.54 Å². The predicted octanol–water partition coefficient (Wildman–Crippen LogP) is 0.170. The van der Waals surface area contributed by atoms with Crippen molar-refractivity contribution in [3.05, 3.63) is 35.4 Å². The fourth-order valence-corrected chi connectivity index (χ4v) is 2.54. The zero-order valence-corrected chi connectivity index (χ0v) is 12.3. The van der Waals surface area contributed by atoms with Gasteiger partial charge in [0.1, 0.15) is 0 Å². The normalized spacial score (nSPS) is 11.3. The lowest BCUT2D eigenvalue weighted by molar-refractivity contribution is -0.140. The summed E-state index contributed by atoms with van der Waals surface area (Å²) < 4.78 is 30.2. The van der Waals surface area contributed by atoms with E-state index >= 15 is 0 Å². The molecule has 0 aliphatic carbocycles. The summed E-state index contributed by atoms with van der Waals surface area (Å²) in [6, 6.07) is 7.55. The lowest BCUT2D eigenvalue weighted by Crippen LogP contribution is -2.27. The summed E-state index contributed by atoms with van der Waals surface area (Å²) in [5, 5.41) is 0. The number of hydrogen-bond acceptors (Lipinski definition) is 5. The molecule has 0 radical (unpaired) electrons. The first-order valence-corrected chi connectivity index (χ1v) is 7.94. The summed E-state index contributed by atoms with van der Waals surface area (Å²) in [4.78, 5) is 10.9. The van der Waals surface area contributed by atoms with Gasteiger partial charge in [-0.05, 0) is 24.1 Å². The van der Waals surface area contributed by atoms with Crippen molar-refractivity contribution in [3.63, 3.8) is 0 Å². The maximum Gasteiger partial charge on any atom is 0.306 e. The second-order valence-corrected chi connectivity index (χ2v) is 6.25. The molecule has 0 saturated heterocycles. The van der Waals surface area contributed by atoms with E-state index in [9.17, 15) is 13.2 Å².